The topological polar surface area (TPSA) is 102 Å². The average molecular weight is 280 g/mol. The van der Waals surface area contributed by atoms with Gasteiger partial charge in [-0.2, -0.15) is 5.26 Å². The first-order valence-corrected chi connectivity index (χ1v) is 5.87. The lowest BCUT2D eigenvalue weighted by atomic mass is 10.2. The Kier molecular flexibility index (Phi) is 3.32. The van der Waals surface area contributed by atoms with E-state index >= 15 is 0 Å². The van der Waals surface area contributed by atoms with Crippen molar-refractivity contribution in [3.63, 3.8) is 0 Å². The number of carbonyl (C=O) groups excluding carboxylic acids is 1. The molecule has 0 bridgehead atoms. The van der Waals surface area contributed by atoms with Crippen LogP contribution in [0.3, 0.4) is 0 Å². The SMILES string of the molecule is N#Cc1ccc(Cl)c(NC(=O)NC2(C(=O)O)CC2)c1. The molecule has 1 aliphatic carbocycles. The van der Waals surface area contributed by atoms with E-state index < -0.39 is 17.5 Å². The van der Waals surface area contributed by atoms with Crippen LogP contribution in [0.1, 0.15) is 18.4 Å². The maximum Gasteiger partial charge on any atom is 0.329 e. The number of benzene rings is 1. The van der Waals surface area contributed by atoms with Crippen molar-refractivity contribution in [1.29, 1.82) is 5.26 Å². The van der Waals surface area contributed by atoms with Crippen molar-refractivity contribution in [3.05, 3.63) is 28.8 Å². The second-order valence-electron chi connectivity index (χ2n) is 4.27. The highest BCUT2D eigenvalue weighted by molar-refractivity contribution is 6.33. The van der Waals surface area contributed by atoms with Gasteiger partial charge >= 0.3 is 12.0 Å². The minimum absolute atomic E-state index is 0.263. The fraction of sp³-hybridized carbons (Fsp3) is 0.250. The van der Waals surface area contributed by atoms with Gasteiger partial charge in [-0.1, -0.05) is 11.6 Å². The average Bonchev–Trinajstić information content (AvgIpc) is 3.13. The second-order valence-corrected chi connectivity index (χ2v) is 4.68. The van der Waals surface area contributed by atoms with E-state index in [1.165, 1.54) is 18.2 Å². The zero-order valence-electron chi connectivity index (χ0n) is 9.74. The molecular formula is C12H10ClN3O3. The molecule has 0 unspecified atom stereocenters. The fourth-order valence-corrected chi connectivity index (χ4v) is 1.74. The standard InChI is InChI=1S/C12H10ClN3O3/c13-8-2-1-7(6-14)5-9(8)15-11(19)16-12(3-4-12)10(17)18/h1-2,5H,3-4H2,(H,17,18)(H2,15,16,19). The van der Waals surface area contributed by atoms with Crippen LogP contribution < -0.4 is 10.6 Å². The molecule has 0 aliphatic heterocycles. The van der Waals surface area contributed by atoms with E-state index in [4.69, 9.17) is 22.0 Å². The lowest BCUT2D eigenvalue weighted by molar-refractivity contribution is -0.140. The predicted octanol–water partition coefficient (Wildman–Crippen LogP) is 1.95. The van der Waals surface area contributed by atoms with E-state index in [-0.39, 0.29) is 10.7 Å². The smallest absolute Gasteiger partial charge is 0.329 e. The summed E-state index contributed by atoms with van der Waals surface area (Å²) in [7, 11) is 0. The lowest BCUT2D eigenvalue weighted by Gasteiger charge is -2.14. The molecule has 0 atom stereocenters. The summed E-state index contributed by atoms with van der Waals surface area (Å²) in [5.74, 6) is -1.06. The van der Waals surface area contributed by atoms with Crippen molar-refractivity contribution in [1.82, 2.24) is 5.32 Å². The van der Waals surface area contributed by atoms with Crippen molar-refractivity contribution >= 4 is 29.3 Å². The van der Waals surface area contributed by atoms with Gasteiger partial charge in [0.15, 0.2) is 0 Å². The van der Waals surface area contributed by atoms with E-state index in [1.807, 2.05) is 6.07 Å². The van der Waals surface area contributed by atoms with Crippen LogP contribution in [-0.4, -0.2) is 22.6 Å². The summed E-state index contributed by atoms with van der Waals surface area (Å²) in [6.07, 6.45) is 0.809. The van der Waals surface area contributed by atoms with Crippen LogP contribution in [0, 0.1) is 11.3 Å². The minimum Gasteiger partial charge on any atom is -0.480 e. The molecule has 0 spiro atoms. The molecule has 1 aromatic carbocycles. The van der Waals surface area contributed by atoms with Crippen LogP contribution in [0.25, 0.3) is 0 Å². The van der Waals surface area contributed by atoms with Crippen molar-refractivity contribution in [2.24, 2.45) is 0 Å². The van der Waals surface area contributed by atoms with Crippen LogP contribution in [0.5, 0.6) is 0 Å². The molecule has 1 saturated carbocycles. The largest absolute Gasteiger partial charge is 0.480 e. The minimum atomic E-state index is -1.16. The summed E-state index contributed by atoms with van der Waals surface area (Å²) in [5, 5.41) is 22.8. The number of hydrogen-bond acceptors (Lipinski definition) is 3. The molecule has 2 rings (SSSR count). The van der Waals surface area contributed by atoms with E-state index in [0.717, 1.165) is 0 Å². The summed E-state index contributed by atoms with van der Waals surface area (Å²) in [4.78, 5) is 22.6. The Bertz CT molecular complexity index is 590. The van der Waals surface area contributed by atoms with E-state index in [2.05, 4.69) is 10.6 Å². The van der Waals surface area contributed by atoms with Gasteiger partial charge in [0.2, 0.25) is 0 Å². The number of hydrogen-bond donors (Lipinski definition) is 3. The number of anilines is 1. The third kappa shape index (κ3) is 2.77. The van der Waals surface area contributed by atoms with Gasteiger partial charge in [0.05, 0.1) is 22.3 Å². The van der Waals surface area contributed by atoms with Gasteiger partial charge in [-0.25, -0.2) is 9.59 Å². The first kappa shape index (κ1) is 13.2. The Morgan fingerprint density at radius 3 is 2.63 bits per heavy atom. The zero-order chi connectivity index (χ0) is 14.0. The second kappa shape index (κ2) is 4.78. The highest BCUT2D eigenvalue weighted by atomic mass is 35.5. The van der Waals surface area contributed by atoms with E-state index in [0.29, 0.717) is 18.4 Å². The van der Waals surface area contributed by atoms with Gasteiger partial charge in [0, 0.05) is 0 Å². The molecule has 6 nitrogen and oxygen atoms in total. The Morgan fingerprint density at radius 2 is 2.11 bits per heavy atom. The fourth-order valence-electron chi connectivity index (χ4n) is 1.58. The van der Waals surface area contributed by atoms with Crippen LogP contribution in [0.15, 0.2) is 18.2 Å². The number of halogens is 1. The number of amides is 2. The van der Waals surface area contributed by atoms with Crippen molar-refractivity contribution in [2.45, 2.75) is 18.4 Å². The Hall–Kier alpha value is -2.26. The number of nitrogens with one attached hydrogen (secondary N) is 2. The molecule has 19 heavy (non-hydrogen) atoms. The highest BCUT2D eigenvalue weighted by Gasteiger charge is 2.51. The third-order valence-corrected chi connectivity index (χ3v) is 3.19. The molecule has 0 aromatic heterocycles. The summed E-state index contributed by atoms with van der Waals surface area (Å²) >= 11 is 5.88. The monoisotopic (exact) mass is 279 g/mol. The van der Waals surface area contributed by atoms with Crippen LogP contribution in [-0.2, 0) is 4.79 Å². The number of rotatable bonds is 3. The quantitative estimate of drug-likeness (QED) is 0.787. The molecule has 0 radical (unpaired) electrons. The third-order valence-electron chi connectivity index (χ3n) is 2.86. The summed E-state index contributed by atoms with van der Waals surface area (Å²) in [6.45, 7) is 0. The Balaban J connectivity index is 2.08. The first-order chi connectivity index (χ1) is 8.97. The summed E-state index contributed by atoms with van der Waals surface area (Å²) in [6, 6.07) is 5.69. The molecule has 1 aromatic rings. The number of nitriles is 1. The molecule has 0 heterocycles. The van der Waals surface area contributed by atoms with Crippen LogP contribution in [0.4, 0.5) is 10.5 Å². The Morgan fingerprint density at radius 1 is 1.42 bits per heavy atom. The van der Waals surface area contributed by atoms with Crippen molar-refractivity contribution < 1.29 is 14.7 Å². The van der Waals surface area contributed by atoms with Crippen molar-refractivity contribution in [3.8, 4) is 6.07 Å². The maximum atomic E-state index is 11.7. The number of urea groups is 1. The van der Waals surface area contributed by atoms with E-state index in [9.17, 15) is 9.59 Å². The summed E-state index contributed by atoms with van der Waals surface area (Å²) < 4.78 is 0. The zero-order valence-corrected chi connectivity index (χ0v) is 10.5. The normalized spacial score (nSPS) is 15.2. The van der Waals surface area contributed by atoms with Gasteiger partial charge in [-0.05, 0) is 31.0 Å². The molecule has 1 aliphatic rings. The Labute approximate surface area is 114 Å². The van der Waals surface area contributed by atoms with Gasteiger partial charge < -0.3 is 15.7 Å². The van der Waals surface area contributed by atoms with Crippen molar-refractivity contribution in [2.75, 3.05) is 5.32 Å². The van der Waals surface area contributed by atoms with Gasteiger partial charge in [0.1, 0.15) is 5.54 Å². The number of aliphatic carboxylic acids is 1. The maximum absolute atomic E-state index is 11.7. The molecule has 7 heteroatoms. The van der Waals surface area contributed by atoms with Gasteiger partial charge in [0.25, 0.3) is 0 Å². The number of nitrogens with zero attached hydrogens (tertiary/aromatic N) is 1. The summed E-state index contributed by atoms with van der Waals surface area (Å²) in [5.41, 5.74) is -0.554. The number of carboxylic acids is 1. The molecular weight excluding hydrogens is 270 g/mol. The number of carboxylic acid groups (broad SMARTS) is 1. The van der Waals surface area contributed by atoms with E-state index in [1.54, 1.807) is 0 Å². The predicted molar refractivity (Wildman–Crippen MR) is 67.9 cm³/mol. The highest BCUT2D eigenvalue weighted by Crippen LogP contribution is 2.35. The van der Waals surface area contributed by atoms with Gasteiger partial charge in [-0.3, -0.25) is 0 Å². The van der Waals surface area contributed by atoms with Gasteiger partial charge in [-0.15, -0.1) is 0 Å². The van der Waals surface area contributed by atoms with Crippen LogP contribution in [0.2, 0.25) is 5.02 Å². The molecule has 1 fully saturated rings. The van der Waals surface area contributed by atoms with Crippen LogP contribution >= 0.6 is 11.6 Å². The molecule has 2 amide bonds. The molecule has 0 saturated heterocycles. The first-order valence-electron chi connectivity index (χ1n) is 5.49. The lowest BCUT2D eigenvalue weighted by Crippen LogP contribution is -2.45. The molecule has 98 valence electrons. The molecule has 3 N–H and O–H groups in total. The number of carbonyl (C=O) groups is 2.